The molecule has 17 heavy (non-hydrogen) atoms. The Morgan fingerprint density at radius 2 is 1.82 bits per heavy atom. The molecule has 0 saturated carbocycles. The summed E-state index contributed by atoms with van der Waals surface area (Å²) in [5, 5.41) is 7.43. The minimum Gasteiger partial charge on any atom is -0.244 e. The van der Waals surface area contributed by atoms with Gasteiger partial charge < -0.3 is 0 Å². The zero-order valence-electron chi connectivity index (χ0n) is 11.6. The molecule has 0 aromatic carbocycles. The topological polar surface area (TPSA) is 38.9 Å². The highest BCUT2D eigenvalue weighted by Gasteiger charge is 2.00. The summed E-state index contributed by atoms with van der Waals surface area (Å²) in [6.07, 6.45) is 9.90. The summed E-state index contributed by atoms with van der Waals surface area (Å²) in [6, 6.07) is 0. The van der Waals surface area contributed by atoms with Gasteiger partial charge in [0.2, 0.25) is 0 Å². The van der Waals surface area contributed by atoms with Crippen molar-refractivity contribution in [1.82, 2.24) is 10.3 Å². The molecule has 1 heterocycles. The first-order valence-corrected chi connectivity index (χ1v) is 6.83. The van der Waals surface area contributed by atoms with Crippen molar-refractivity contribution in [2.24, 2.45) is 0 Å². The largest absolute Gasteiger partial charge is 0.244 e. The van der Waals surface area contributed by atoms with Gasteiger partial charge in [-0.25, -0.2) is 4.63 Å². The second kappa shape index (κ2) is 15.0. The van der Waals surface area contributed by atoms with E-state index in [4.69, 9.17) is 0 Å². The lowest BCUT2D eigenvalue weighted by molar-refractivity contribution is 0.302. The first kappa shape index (κ1) is 18.4. The number of hydrogen-bond donors (Lipinski definition) is 0. The average Bonchev–Trinajstić information content (AvgIpc) is 2.74. The highest BCUT2D eigenvalue weighted by Crippen LogP contribution is 2.01. The van der Waals surface area contributed by atoms with Crippen molar-refractivity contribution in [2.75, 3.05) is 6.16 Å². The molecule has 0 saturated heterocycles. The summed E-state index contributed by atoms with van der Waals surface area (Å²) < 4.78 is 4.55. The Balaban J connectivity index is 0. The molecule has 0 aliphatic heterocycles. The van der Waals surface area contributed by atoms with E-state index in [1.54, 1.807) is 0 Å². The molecule has 98 valence electrons. The number of rotatable bonds is 3. The van der Waals surface area contributed by atoms with Crippen LogP contribution in [0.25, 0.3) is 0 Å². The van der Waals surface area contributed by atoms with Gasteiger partial charge in [-0.15, -0.1) is 9.24 Å². The lowest BCUT2D eigenvalue weighted by atomic mass is 10.2. The van der Waals surface area contributed by atoms with E-state index in [0.29, 0.717) is 0 Å². The van der Waals surface area contributed by atoms with Crippen molar-refractivity contribution in [3.05, 3.63) is 35.7 Å². The van der Waals surface area contributed by atoms with Crippen LogP contribution in [0.2, 0.25) is 0 Å². The van der Waals surface area contributed by atoms with Gasteiger partial charge in [0.15, 0.2) is 0 Å². The summed E-state index contributed by atoms with van der Waals surface area (Å²) >= 11 is 0. The number of aryl methyl sites for hydroxylation is 1. The van der Waals surface area contributed by atoms with Gasteiger partial charge in [0, 0.05) is 6.42 Å². The smallest absolute Gasteiger partial charge is 0.111 e. The van der Waals surface area contributed by atoms with Crippen LogP contribution in [0.5, 0.6) is 0 Å². The lowest BCUT2D eigenvalue weighted by Gasteiger charge is -1.84. The van der Waals surface area contributed by atoms with Gasteiger partial charge >= 0.3 is 0 Å². The molecule has 4 heteroatoms. The van der Waals surface area contributed by atoms with Crippen molar-refractivity contribution in [1.29, 1.82) is 0 Å². The molecule has 1 aromatic rings. The van der Waals surface area contributed by atoms with E-state index in [0.717, 1.165) is 17.8 Å². The van der Waals surface area contributed by atoms with E-state index in [2.05, 4.69) is 31.1 Å². The molecular weight excluding hydrogens is 231 g/mol. The van der Waals surface area contributed by atoms with E-state index in [-0.39, 0.29) is 0 Å². The Morgan fingerprint density at radius 1 is 1.24 bits per heavy atom. The van der Waals surface area contributed by atoms with E-state index in [1.807, 2.05) is 52.0 Å². The summed E-state index contributed by atoms with van der Waals surface area (Å²) in [7, 11) is 2.58. The molecule has 0 aliphatic rings. The zero-order chi connectivity index (χ0) is 13.5. The summed E-state index contributed by atoms with van der Waals surface area (Å²) in [5.74, 6) is 0. The maximum absolute atomic E-state index is 4.55. The fourth-order valence-electron chi connectivity index (χ4n) is 0.804. The van der Waals surface area contributed by atoms with Crippen molar-refractivity contribution >= 4 is 9.24 Å². The van der Waals surface area contributed by atoms with Gasteiger partial charge in [-0.05, 0) is 20.0 Å². The molecule has 3 nitrogen and oxygen atoms in total. The van der Waals surface area contributed by atoms with Crippen LogP contribution in [-0.4, -0.2) is 16.5 Å². The minimum absolute atomic E-state index is 0.777. The van der Waals surface area contributed by atoms with Crippen molar-refractivity contribution < 1.29 is 4.63 Å². The molecule has 0 spiro atoms. The standard InChI is InChI=1S/C9H12N2O.C2H7P.C2H6/c1-3-4-5-6-7-9-8(2)10-12-11-9;1-2-3;1-2/h3-6H,7H2,1-2H3;2-3H2,1H3;1-2H3/b4-3-,6-5?;;. The quantitative estimate of drug-likeness (QED) is 0.607. The predicted molar refractivity (Wildman–Crippen MR) is 78.3 cm³/mol. The average molecular weight is 256 g/mol. The van der Waals surface area contributed by atoms with Gasteiger partial charge in [-0.2, -0.15) is 0 Å². The molecule has 0 N–H and O–H groups in total. The Kier molecular flexibility index (Phi) is 16.3. The number of hydrogen-bond acceptors (Lipinski definition) is 3. The van der Waals surface area contributed by atoms with E-state index in [1.165, 1.54) is 6.16 Å². The number of aromatic nitrogens is 2. The van der Waals surface area contributed by atoms with E-state index >= 15 is 0 Å². The summed E-state index contributed by atoms with van der Waals surface area (Å²) in [5.41, 5.74) is 1.76. The summed E-state index contributed by atoms with van der Waals surface area (Å²) in [6.45, 7) is 9.95. The Labute approximate surface area is 108 Å². The predicted octanol–water partition coefficient (Wildman–Crippen LogP) is 3.96. The summed E-state index contributed by atoms with van der Waals surface area (Å²) in [4.78, 5) is 0. The monoisotopic (exact) mass is 256 g/mol. The fraction of sp³-hybridized carbons (Fsp3) is 0.538. The zero-order valence-corrected chi connectivity index (χ0v) is 12.8. The van der Waals surface area contributed by atoms with E-state index < -0.39 is 0 Å². The van der Waals surface area contributed by atoms with Crippen LogP contribution < -0.4 is 0 Å². The third-order valence-corrected chi connectivity index (χ3v) is 1.50. The number of nitrogens with zero attached hydrogens (tertiary/aromatic N) is 2. The molecule has 0 radical (unpaired) electrons. The van der Waals surface area contributed by atoms with Crippen LogP contribution in [0, 0.1) is 6.92 Å². The SMILES string of the molecule is C/C=C\C=CCc1nonc1C.CC.CCP. The third kappa shape index (κ3) is 11.3. The Morgan fingerprint density at radius 3 is 2.24 bits per heavy atom. The third-order valence-electron chi connectivity index (χ3n) is 1.50. The van der Waals surface area contributed by atoms with E-state index in [9.17, 15) is 0 Å². The highest BCUT2D eigenvalue weighted by molar-refractivity contribution is 7.16. The van der Waals surface area contributed by atoms with Gasteiger partial charge in [-0.3, -0.25) is 0 Å². The molecule has 1 unspecified atom stereocenters. The molecule has 1 aromatic heterocycles. The molecule has 0 bridgehead atoms. The van der Waals surface area contributed by atoms with Crippen LogP contribution in [0.15, 0.2) is 28.9 Å². The highest BCUT2D eigenvalue weighted by atomic mass is 31.0. The van der Waals surface area contributed by atoms with Gasteiger partial charge in [0.25, 0.3) is 0 Å². The van der Waals surface area contributed by atoms with Gasteiger partial charge in [0.1, 0.15) is 11.4 Å². The lowest BCUT2D eigenvalue weighted by Crippen LogP contribution is -1.83. The molecular formula is C13H25N2OP. The second-order valence-corrected chi connectivity index (χ2v) is 3.68. The van der Waals surface area contributed by atoms with Crippen LogP contribution in [0.1, 0.15) is 39.1 Å². The fourth-order valence-corrected chi connectivity index (χ4v) is 0.804. The van der Waals surface area contributed by atoms with Gasteiger partial charge in [-0.1, -0.05) is 55.4 Å². The normalized spacial score (nSPS) is 9.76. The first-order chi connectivity index (χ1) is 8.26. The maximum Gasteiger partial charge on any atom is 0.111 e. The molecule has 0 amide bonds. The Hall–Kier alpha value is -0.950. The van der Waals surface area contributed by atoms with Crippen LogP contribution >= 0.6 is 9.24 Å². The van der Waals surface area contributed by atoms with Crippen LogP contribution in [-0.2, 0) is 6.42 Å². The van der Waals surface area contributed by atoms with Crippen molar-refractivity contribution in [3.8, 4) is 0 Å². The number of allylic oxidation sites excluding steroid dienone is 4. The Bertz CT molecular complexity index is 306. The van der Waals surface area contributed by atoms with Crippen molar-refractivity contribution in [3.63, 3.8) is 0 Å². The molecule has 1 rings (SSSR count). The minimum atomic E-state index is 0.777. The van der Waals surface area contributed by atoms with Crippen LogP contribution in [0.3, 0.4) is 0 Å². The molecule has 1 atom stereocenters. The molecule has 0 aliphatic carbocycles. The molecule has 0 fully saturated rings. The second-order valence-electron chi connectivity index (χ2n) is 2.86. The maximum atomic E-state index is 4.55. The van der Waals surface area contributed by atoms with Crippen LogP contribution in [0.4, 0.5) is 0 Å². The van der Waals surface area contributed by atoms with Crippen molar-refractivity contribution in [2.45, 2.75) is 41.0 Å². The first-order valence-electron chi connectivity index (χ1n) is 6.02. The van der Waals surface area contributed by atoms with Gasteiger partial charge in [0.05, 0.1) is 0 Å².